The Hall–Kier alpha value is -1.80. The molecule has 2 N–H and O–H groups in total. The smallest absolute Gasteiger partial charge is 0.367 e. The third-order valence-electron chi connectivity index (χ3n) is 4.52. The zero-order valence-electron chi connectivity index (χ0n) is 16.0. The number of hydrogen-bond acceptors (Lipinski definition) is 3. The molecule has 0 spiro atoms. The van der Waals surface area contributed by atoms with Crippen molar-refractivity contribution in [3.63, 3.8) is 0 Å². The van der Waals surface area contributed by atoms with E-state index in [2.05, 4.69) is 32.3 Å². The monoisotopic (exact) mass is 386 g/mol. The molecule has 1 saturated heterocycles. The van der Waals surface area contributed by atoms with Gasteiger partial charge in [0.15, 0.2) is 5.96 Å². The van der Waals surface area contributed by atoms with Crippen LogP contribution in [0.5, 0.6) is 0 Å². The number of piperidine rings is 1. The van der Waals surface area contributed by atoms with Crippen LogP contribution >= 0.6 is 0 Å². The number of ether oxygens (including phenoxy) is 1. The van der Waals surface area contributed by atoms with Crippen molar-refractivity contribution in [1.82, 2.24) is 15.5 Å². The Labute approximate surface area is 159 Å². The van der Waals surface area contributed by atoms with Gasteiger partial charge in [-0.3, -0.25) is 4.99 Å². The summed E-state index contributed by atoms with van der Waals surface area (Å²) in [7, 11) is 3.89. The number of rotatable bonds is 7. The molecular weight excluding hydrogens is 357 g/mol. The van der Waals surface area contributed by atoms with Crippen LogP contribution in [0.15, 0.2) is 29.3 Å². The second kappa shape index (κ2) is 10.5. The summed E-state index contributed by atoms with van der Waals surface area (Å²) in [5, 5.41) is 6.63. The Morgan fingerprint density at radius 2 is 1.93 bits per heavy atom. The quantitative estimate of drug-likeness (QED) is 0.559. The van der Waals surface area contributed by atoms with Gasteiger partial charge < -0.3 is 20.3 Å². The molecule has 0 aromatic heterocycles. The van der Waals surface area contributed by atoms with E-state index < -0.39 is 12.8 Å². The molecule has 0 amide bonds. The minimum absolute atomic E-state index is 0.0493. The Balaban J connectivity index is 1.71. The molecule has 0 radical (unpaired) electrons. The maximum Gasteiger partial charge on any atom is 0.411 e. The van der Waals surface area contributed by atoms with Gasteiger partial charge in [0.2, 0.25) is 0 Å². The normalized spacial score (nSPS) is 19.1. The van der Waals surface area contributed by atoms with E-state index in [1.165, 1.54) is 19.4 Å². The van der Waals surface area contributed by atoms with Crippen LogP contribution in [0.3, 0.4) is 0 Å². The fourth-order valence-electron chi connectivity index (χ4n) is 3.13. The summed E-state index contributed by atoms with van der Waals surface area (Å²) in [5.74, 6) is 1.37. The van der Waals surface area contributed by atoms with Crippen LogP contribution in [0, 0.1) is 5.92 Å². The SMILES string of the molecule is CN=C(NCc1ccc(COCC(F)(F)F)cc1)NCC1CCCN(C)C1. The first-order chi connectivity index (χ1) is 12.9. The molecular formula is C19H29F3N4O. The molecule has 2 rings (SSSR count). The highest BCUT2D eigenvalue weighted by atomic mass is 19.4. The Kier molecular flexibility index (Phi) is 8.37. The number of hydrogen-bond donors (Lipinski definition) is 2. The lowest BCUT2D eigenvalue weighted by molar-refractivity contribution is -0.176. The number of likely N-dealkylation sites (tertiary alicyclic amines) is 1. The van der Waals surface area contributed by atoms with Crippen LogP contribution in [0.25, 0.3) is 0 Å². The van der Waals surface area contributed by atoms with Gasteiger partial charge in [0, 0.05) is 26.7 Å². The van der Waals surface area contributed by atoms with Crippen LogP contribution in [0.2, 0.25) is 0 Å². The Morgan fingerprint density at radius 3 is 2.56 bits per heavy atom. The maximum atomic E-state index is 12.1. The molecule has 1 aliphatic rings. The number of guanidine groups is 1. The van der Waals surface area contributed by atoms with Crippen molar-refractivity contribution in [3.05, 3.63) is 35.4 Å². The van der Waals surface area contributed by atoms with Gasteiger partial charge in [0.1, 0.15) is 6.61 Å². The van der Waals surface area contributed by atoms with E-state index >= 15 is 0 Å². The second-order valence-corrected chi connectivity index (χ2v) is 7.00. The van der Waals surface area contributed by atoms with Gasteiger partial charge in [-0.1, -0.05) is 24.3 Å². The summed E-state index contributed by atoms with van der Waals surface area (Å²) in [4.78, 5) is 6.60. The first-order valence-electron chi connectivity index (χ1n) is 9.21. The second-order valence-electron chi connectivity index (χ2n) is 7.00. The summed E-state index contributed by atoms with van der Waals surface area (Å²) >= 11 is 0. The largest absolute Gasteiger partial charge is 0.411 e. The first kappa shape index (κ1) is 21.5. The van der Waals surface area contributed by atoms with Crippen molar-refractivity contribution in [2.45, 2.75) is 32.2 Å². The molecule has 0 aliphatic carbocycles. The van der Waals surface area contributed by atoms with Gasteiger partial charge in [-0.05, 0) is 43.5 Å². The Bertz CT molecular complexity index is 590. The standard InChI is InChI=1S/C19H29F3N4O/c1-23-18(25-11-17-4-3-9-26(2)12-17)24-10-15-5-7-16(8-6-15)13-27-14-19(20,21)22/h5-8,17H,3-4,9-14H2,1-2H3,(H2,23,24,25). The summed E-state index contributed by atoms with van der Waals surface area (Å²) in [6, 6.07) is 7.31. The summed E-state index contributed by atoms with van der Waals surface area (Å²) in [5.41, 5.74) is 1.74. The third kappa shape index (κ3) is 8.62. The summed E-state index contributed by atoms with van der Waals surface area (Å²) in [6.07, 6.45) is -1.83. The van der Waals surface area contributed by atoms with Crippen molar-refractivity contribution < 1.29 is 17.9 Å². The lowest BCUT2D eigenvalue weighted by Crippen LogP contribution is -2.43. The van der Waals surface area contributed by atoms with E-state index in [9.17, 15) is 13.2 Å². The molecule has 27 heavy (non-hydrogen) atoms. The number of halogens is 3. The number of nitrogens with zero attached hydrogens (tertiary/aromatic N) is 2. The minimum atomic E-state index is -4.29. The molecule has 8 heteroatoms. The van der Waals surface area contributed by atoms with Gasteiger partial charge in [-0.25, -0.2) is 0 Å². The van der Waals surface area contributed by atoms with Crippen LogP contribution in [0.4, 0.5) is 13.2 Å². The van der Waals surface area contributed by atoms with Crippen LogP contribution in [-0.4, -0.2) is 57.4 Å². The van der Waals surface area contributed by atoms with Crippen molar-refractivity contribution >= 4 is 5.96 Å². The number of aliphatic imine (C=N–C) groups is 1. The summed E-state index contributed by atoms with van der Waals surface area (Å²) < 4.78 is 40.9. The summed E-state index contributed by atoms with van der Waals surface area (Å²) in [6.45, 7) is 2.47. The van der Waals surface area contributed by atoms with E-state index in [0.29, 0.717) is 18.0 Å². The number of nitrogens with one attached hydrogen (secondary N) is 2. The van der Waals surface area contributed by atoms with Crippen LogP contribution in [-0.2, 0) is 17.9 Å². The van der Waals surface area contributed by atoms with Crippen molar-refractivity contribution in [3.8, 4) is 0 Å². The highest BCUT2D eigenvalue weighted by molar-refractivity contribution is 5.79. The molecule has 1 aliphatic heterocycles. The molecule has 1 unspecified atom stereocenters. The molecule has 1 heterocycles. The van der Waals surface area contributed by atoms with E-state index in [4.69, 9.17) is 0 Å². The lowest BCUT2D eigenvalue weighted by Gasteiger charge is -2.30. The third-order valence-corrected chi connectivity index (χ3v) is 4.52. The van der Waals surface area contributed by atoms with E-state index in [1.54, 1.807) is 19.2 Å². The average Bonchev–Trinajstić information content (AvgIpc) is 2.62. The molecule has 0 saturated carbocycles. The zero-order valence-corrected chi connectivity index (χ0v) is 16.0. The van der Waals surface area contributed by atoms with Crippen molar-refractivity contribution in [1.29, 1.82) is 0 Å². The molecule has 0 bridgehead atoms. The van der Waals surface area contributed by atoms with E-state index in [1.807, 2.05) is 12.1 Å². The predicted octanol–water partition coefficient (Wildman–Crippen LogP) is 2.77. The van der Waals surface area contributed by atoms with Crippen molar-refractivity contribution in [2.75, 3.05) is 40.3 Å². The zero-order chi connectivity index (χ0) is 19.7. The van der Waals surface area contributed by atoms with E-state index in [-0.39, 0.29) is 6.61 Å². The maximum absolute atomic E-state index is 12.1. The van der Waals surface area contributed by atoms with Crippen LogP contribution in [0.1, 0.15) is 24.0 Å². The van der Waals surface area contributed by atoms with Gasteiger partial charge in [-0.15, -0.1) is 0 Å². The lowest BCUT2D eigenvalue weighted by atomic mass is 9.99. The molecule has 5 nitrogen and oxygen atoms in total. The van der Waals surface area contributed by atoms with Crippen molar-refractivity contribution in [2.24, 2.45) is 10.9 Å². The topological polar surface area (TPSA) is 48.9 Å². The first-order valence-corrected chi connectivity index (χ1v) is 9.21. The van der Waals surface area contributed by atoms with Gasteiger partial charge in [-0.2, -0.15) is 13.2 Å². The fraction of sp³-hybridized carbons (Fsp3) is 0.632. The number of benzene rings is 1. The predicted molar refractivity (Wildman–Crippen MR) is 101 cm³/mol. The average molecular weight is 386 g/mol. The highest BCUT2D eigenvalue weighted by Gasteiger charge is 2.27. The molecule has 1 fully saturated rings. The van der Waals surface area contributed by atoms with Gasteiger partial charge in [0.25, 0.3) is 0 Å². The number of alkyl halides is 3. The minimum Gasteiger partial charge on any atom is -0.367 e. The molecule has 1 aromatic rings. The fourth-order valence-corrected chi connectivity index (χ4v) is 3.13. The Morgan fingerprint density at radius 1 is 1.22 bits per heavy atom. The molecule has 1 aromatic carbocycles. The van der Waals surface area contributed by atoms with E-state index in [0.717, 1.165) is 24.6 Å². The van der Waals surface area contributed by atoms with Crippen LogP contribution < -0.4 is 10.6 Å². The van der Waals surface area contributed by atoms with Gasteiger partial charge >= 0.3 is 6.18 Å². The molecule has 1 atom stereocenters. The molecule has 152 valence electrons. The highest BCUT2D eigenvalue weighted by Crippen LogP contribution is 2.16. The van der Waals surface area contributed by atoms with Gasteiger partial charge in [0.05, 0.1) is 6.61 Å².